The van der Waals surface area contributed by atoms with Crippen LogP contribution in [0.2, 0.25) is 0 Å². The van der Waals surface area contributed by atoms with Crippen LogP contribution in [0.5, 0.6) is 0 Å². The summed E-state index contributed by atoms with van der Waals surface area (Å²) in [5, 5.41) is 17.6. The highest BCUT2D eigenvalue weighted by atomic mass is 16.5. The van der Waals surface area contributed by atoms with E-state index in [1.165, 1.54) is 0 Å². The summed E-state index contributed by atoms with van der Waals surface area (Å²) in [6, 6.07) is 0. The molecule has 4 nitrogen and oxygen atoms in total. The lowest BCUT2D eigenvalue weighted by molar-refractivity contribution is 0.132. The standard InChI is InChI=1S/C9H19NO3/c11-4-2-10(3-5-12)7-9-1-6-13-8-9/h9,11-12H,1-8H2. The fraction of sp³-hybridized carbons (Fsp3) is 1.00. The molecule has 0 aliphatic carbocycles. The van der Waals surface area contributed by atoms with Crippen molar-refractivity contribution in [2.75, 3.05) is 46.1 Å². The molecule has 0 spiro atoms. The van der Waals surface area contributed by atoms with Crippen molar-refractivity contribution in [1.82, 2.24) is 4.90 Å². The first-order valence-corrected chi connectivity index (χ1v) is 4.88. The van der Waals surface area contributed by atoms with Crippen LogP contribution in [0.1, 0.15) is 6.42 Å². The molecule has 1 aliphatic rings. The van der Waals surface area contributed by atoms with Crippen LogP contribution in [-0.4, -0.2) is 61.2 Å². The molecule has 4 heteroatoms. The molecule has 1 heterocycles. The monoisotopic (exact) mass is 189 g/mol. The lowest BCUT2D eigenvalue weighted by atomic mass is 10.1. The summed E-state index contributed by atoms with van der Waals surface area (Å²) >= 11 is 0. The first-order chi connectivity index (χ1) is 6.36. The first kappa shape index (κ1) is 10.9. The smallest absolute Gasteiger partial charge is 0.0558 e. The molecule has 2 N–H and O–H groups in total. The Labute approximate surface area is 79.1 Å². The molecule has 1 atom stereocenters. The largest absolute Gasteiger partial charge is 0.395 e. The lowest BCUT2D eigenvalue weighted by Crippen LogP contribution is -2.34. The normalized spacial score (nSPS) is 22.8. The number of hydrogen-bond acceptors (Lipinski definition) is 4. The highest BCUT2D eigenvalue weighted by molar-refractivity contribution is 4.69. The number of hydrogen-bond donors (Lipinski definition) is 2. The van der Waals surface area contributed by atoms with Crippen LogP contribution in [0.4, 0.5) is 0 Å². The topological polar surface area (TPSA) is 52.9 Å². The van der Waals surface area contributed by atoms with Gasteiger partial charge in [-0.25, -0.2) is 0 Å². The molecular weight excluding hydrogens is 170 g/mol. The number of aliphatic hydroxyl groups is 2. The molecule has 1 aliphatic heterocycles. The van der Waals surface area contributed by atoms with Crippen LogP contribution >= 0.6 is 0 Å². The quantitative estimate of drug-likeness (QED) is 0.580. The molecule has 1 rings (SSSR count). The second kappa shape index (κ2) is 6.32. The molecular formula is C9H19NO3. The van der Waals surface area contributed by atoms with Gasteiger partial charge in [-0.05, 0) is 12.3 Å². The molecule has 1 saturated heterocycles. The molecule has 13 heavy (non-hydrogen) atoms. The highest BCUT2D eigenvalue weighted by Crippen LogP contribution is 2.13. The lowest BCUT2D eigenvalue weighted by Gasteiger charge is -2.22. The molecule has 1 fully saturated rings. The van der Waals surface area contributed by atoms with Crippen LogP contribution in [0, 0.1) is 5.92 Å². The van der Waals surface area contributed by atoms with Gasteiger partial charge in [-0.2, -0.15) is 0 Å². The maximum absolute atomic E-state index is 8.78. The Hall–Kier alpha value is -0.160. The molecule has 0 bridgehead atoms. The summed E-state index contributed by atoms with van der Waals surface area (Å²) < 4.78 is 5.26. The van der Waals surface area contributed by atoms with Crippen LogP contribution in [0.15, 0.2) is 0 Å². The highest BCUT2D eigenvalue weighted by Gasteiger charge is 2.18. The van der Waals surface area contributed by atoms with Crippen LogP contribution < -0.4 is 0 Å². The van der Waals surface area contributed by atoms with E-state index in [2.05, 4.69) is 4.90 Å². The van der Waals surface area contributed by atoms with E-state index in [1.807, 2.05) is 0 Å². The number of ether oxygens (including phenoxy) is 1. The van der Waals surface area contributed by atoms with Gasteiger partial charge in [0.2, 0.25) is 0 Å². The van der Waals surface area contributed by atoms with Gasteiger partial charge in [-0.3, -0.25) is 4.90 Å². The predicted octanol–water partition coefficient (Wildman–Crippen LogP) is -0.690. The van der Waals surface area contributed by atoms with Gasteiger partial charge in [0, 0.05) is 26.2 Å². The summed E-state index contributed by atoms with van der Waals surface area (Å²) in [6.45, 7) is 4.24. The van der Waals surface area contributed by atoms with E-state index in [0.717, 1.165) is 26.2 Å². The van der Waals surface area contributed by atoms with Gasteiger partial charge >= 0.3 is 0 Å². The minimum Gasteiger partial charge on any atom is -0.395 e. The summed E-state index contributed by atoms with van der Waals surface area (Å²) in [4.78, 5) is 2.08. The van der Waals surface area contributed by atoms with Crippen molar-refractivity contribution in [3.05, 3.63) is 0 Å². The molecule has 0 aromatic rings. The Kier molecular flexibility index (Phi) is 5.31. The van der Waals surface area contributed by atoms with Crippen molar-refractivity contribution in [2.45, 2.75) is 6.42 Å². The minimum atomic E-state index is 0.160. The Morgan fingerprint density at radius 1 is 1.23 bits per heavy atom. The fourth-order valence-electron chi connectivity index (χ4n) is 1.67. The molecule has 0 aromatic heterocycles. The Balaban J connectivity index is 2.19. The molecule has 0 amide bonds. The van der Waals surface area contributed by atoms with Crippen molar-refractivity contribution < 1.29 is 14.9 Å². The van der Waals surface area contributed by atoms with Gasteiger partial charge < -0.3 is 14.9 Å². The Morgan fingerprint density at radius 3 is 2.38 bits per heavy atom. The van der Waals surface area contributed by atoms with E-state index < -0.39 is 0 Å². The number of aliphatic hydroxyl groups excluding tert-OH is 2. The summed E-state index contributed by atoms with van der Waals surface area (Å²) in [6.07, 6.45) is 1.10. The van der Waals surface area contributed by atoms with Crippen molar-refractivity contribution in [2.24, 2.45) is 5.92 Å². The van der Waals surface area contributed by atoms with Crippen molar-refractivity contribution in [3.63, 3.8) is 0 Å². The second-order valence-electron chi connectivity index (χ2n) is 3.48. The summed E-state index contributed by atoms with van der Waals surface area (Å²) in [5.41, 5.74) is 0. The van der Waals surface area contributed by atoms with E-state index in [1.54, 1.807) is 0 Å². The SMILES string of the molecule is OCCN(CCO)CC1CCOC1. The molecule has 0 saturated carbocycles. The van der Waals surface area contributed by atoms with Gasteiger partial charge in [0.1, 0.15) is 0 Å². The van der Waals surface area contributed by atoms with Crippen molar-refractivity contribution in [1.29, 1.82) is 0 Å². The Morgan fingerprint density at radius 2 is 1.92 bits per heavy atom. The third-order valence-corrected chi connectivity index (χ3v) is 2.37. The van der Waals surface area contributed by atoms with Crippen molar-refractivity contribution in [3.8, 4) is 0 Å². The van der Waals surface area contributed by atoms with Gasteiger partial charge in [0.25, 0.3) is 0 Å². The summed E-state index contributed by atoms with van der Waals surface area (Å²) in [5.74, 6) is 0.582. The molecule has 0 aromatic carbocycles. The van der Waals surface area contributed by atoms with Crippen LogP contribution in [-0.2, 0) is 4.74 Å². The van der Waals surface area contributed by atoms with E-state index in [0.29, 0.717) is 19.0 Å². The maximum Gasteiger partial charge on any atom is 0.0558 e. The zero-order valence-electron chi connectivity index (χ0n) is 7.98. The van der Waals surface area contributed by atoms with Crippen LogP contribution in [0.25, 0.3) is 0 Å². The molecule has 0 radical (unpaired) electrons. The third-order valence-electron chi connectivity index (χ3n) is 2.37. The molecule has 78 valence electrons. The number of rotatable bonds is 6. The van der Waals surface area contributed by atoms with E-state index in [9.17, 15) is 0 Å². The second-order valence-corrected chi connectivity index (χ2v) is 3.48. The average Bonchev–Trinajstić information content (AvgIpc) is 2.58. The van der Waals surface area contributed by atoms with Gasteiger partial charge in [0.15, 0.2) is 0 Å². The van der Waals surface area contributed by atoms with Crippen LogP contribution in [0.3, 0.4) is 0 Å². The predicted molar refractivity (Wildman–Crippen MR) is 49.5 cm³/mol. The van der Waals surface area contributed by atoms with Crippen molar-refractivity contribution >= 4 is 0 Å². The van der Waals surface area contributed by atoms with E-state index in [4.69, 9.17) is 14.9 Å². The molecule has 1 unspecified atom stereocenters. The third kappa shape index (κ3) is 4.04. The maximum atomic E-state index is 8.78. The number of nitrogens with zero attached hydrogens (tertiary/aromatic N) is 1. The zero-order valence-corrected chi connectivity index (χ0v) is 7.98. The summed E-state index contributed by atoms with van der Waals surface area (Å²) in [7, 11) is 0. The van der Waals surface area contributed by atoms with Gasteiger partial charge in [0.05, 0.1) is 19.8 Å². The zero-order chi connectivity index (χ0) is 9.52. The first-order valence-electron chi connectivity index (χ1n) is 4.88. The Bertz CT molecular complexity index is 120. The van der Waals surface area contributed by atoms with E-state index >= 15 is 0 Å². The van der Waals surface area contributed by atoms with Gasteiger partial charge in [-0.15, -0.1) is 0 Å². The fourth-order valence-corrected chi connectivity index (χ4v) is 1.67. The average molecular weight is 189 g/mol. The van der Waals surface area contributed by atoms with E-state index in [-0.39, 0.29) is 13.2 Å². The van der Waals surface area contributed by atoms with Gasteiger partial charge in [-0.1, -0.05) is 0 Å². The minimum absolute atomic E-state index is 0.160.